The number of benzene rings is 1. The summed E-state index contributed by atoms with van der Waals surface area (Å²) in [7, 11) is 5.43. The van der Waals surface area contributed by atoms with E-state index in [0.717, 1.165) is 11.5 Å². The first-order chi connectivity index (χ1) is 9.28. The van der Waals surface area contributed by atoms with Crippen LogP contribution in [0.1, 0.15) is 30.9 Å². The van der Waals surface area contributed by atoms with E-state index in [-0.39, 0.29) is 0 Å². The molecule has 4 heteroatoms. The van der Waals surface area contributed by atoms with E-state index in [1.165, 1.54) is 30.6 Å². The molecule has 3 nitrogen and oxygen atoms in total. The molecule has 1 aliphatic rings. The predicted octanol–water partition coefficient (Wildman–Crippen LogP) is 3.25. The lowest BCUT2D eigenvalue weighted by molar-refractivity contribution is 0.391. The van der Waals surface area contributed by atoms with E-state index < -0.39 is 0 Å². The largest absolute Gasteiger partial charge is 0.497 e. The highest BCUT2D eigenvalue weighted by atomic mass is 32.2. The molecule has 1 N–H and O–H groups in total. The first kappa shape index (κ1) is 14.5. The number of nitrogens with one attached hydrogen (secondary N) is 1. The molecule has 106 valence electrons. The van der Waals surface area contributed by atoms with Crippen molar-refractivity contribution in [2.24, 2.45) is 0 Å². The zero-order valence-corrected chi connectivity index (χ0v) is 12.8. The highest BCUT2D eigenvalue weighted by molar-refractivity contribution is 8.00. The number of rotatable bonds is 5. The fourth-order valence-electron chi connectivity index (χ4n) is 2.60. The molecule has 1 heterocycles. The summed E-state index contributed by atoms with van der Waals surface area (Å²) in [6.45, 7) is 0. The van der Waals surface area contributed by atoms with E-state index in [1.54, 1.807) is 14.2 Å². The van der Waals surface area contributed by atoms with Gasteiger partial charge in [-0.05, 0) is 43.3 Å². The average Bonchev–Trinajstić information content (AvgIpc) is 2.48. The van der Waals surface area contributed by atoms with Gasteiger partial charge in [-0.2, -0.15) is 11.8 Å². The van der Waals surface area contributed by atoms with Gasteiger partial charge in [0.05, 0.1) is 14.2 Å². The summed E-state index contributed by atoms with van der Waals surface area (Å²) < 4.78 is 10.7. The zero-order chi connectivity index (χ0) is 13.7. The molecule has 1 aliphatic heterocycles. The molecule has 1 fully saturated rings. The molecule has 0 bridgehead atoms. The van der Waals surface area contributed by atoms with Crippen LogP contribution in [0.3, 0.4) is 0 Å². The summed E-state index contributed by atoms with van der Waals surface area (Å²) in [4.78, 5) is 0. The lowest BCUT2D eigenvalue weighted by atomic mass is 9.99. The minimum Gasteiger partial charge on any atom is -0.497 e. The Morgan fingerprint density at radius 3 is 2.32 bits per heavy atom. The van der Waals surface area contributed by atoms with E-state index in [9.17, 15) is 0 Å². The maximum Gasteiger partial charge on any atom is 0.122 e. The highest BCUT2D eigenvalue weighted by Gasteiger charge is 2.25. The molecule has 2 unspecified atom stereocenters. The number of hydrogen-bond donors (Lipinski definition) is 1. The molecule has 1 saturated heterocycles. The maximum absolute atomic E-state index is 5.36. The van der Waals surface area contributed by atoms with Gasteiger partial charge in [0.25, 0.3) is 0 Å². The molecule has 2 atom stereocenters. The third kappa shape index (κ3) is 3.57. The van der Waals surface area contributed by atoms with Crippen LogP contribution in [0.25, 0.3) is 0 Å². The molecule has 1 aromatic carbocycles. The van der Waals surface area contributed by atoms with E-state index in [4.69, 9.17) is 9.47 Å². The average molecular weight is 281 g/mol. The van der Waals surface area contributed by atoms with Crippen molar-refractivity contribution in [2.45, 2.75) is 30.6 Å². The minimum atomic E-state index is 0.356. The Labute approximate surface area is 120 Å². The Hall–Kier alpha value is -0.870. The van der Waals surface area contributed by atoms with Crippen LogP contribution in [-0.2, 0) is 0 Å². The van der Waals surface area contributed by atoms with Crippen LogP contribution < -0.4 is 14.8 Å². The topological polar surface area (TPSA) is 30.5 Å². The Kier molecular flexibility index (Phi) is 5.40. The Bertz CT molecular complexity index is 383. The predicted molar refractivity (Wildman–Crippen MR) is 81.4 cm³/mol. The van der Waals surface area contributed by atoms with Crippen LogP contribution in [0.5, 0.6) is 11.5 Å². The van der Waals surface area contributed by atoms with Crippen LogP contribution in [0.4, 0.5) is 0 Å². The smallest absolute Gasteiger partial charge is 0.122 e. The second kappa shape index (κ2) is 7.06. The van der Waals surface area contributed by atoms with Gasteiger partial charge in [0.2, 0.25) is 0 Å². The fourth-order valence-corrected chi connectivity index (χ4v) is 4.10. The van der Waals surface area contributed by atoms with Crippen molar-refractivity contribution in [1.82, 2.24) is 5.32 Å². The van der Waals surface area contributed by atoms with Crippen molar-refractivity contribution in [3.05, 3.63) is 23.8 Å². The van der Waals surface area contributed by atoms with Gasteiger partial charge in [0, 0.05) is 17.4 Å². The van der Waals surface area contributed by atoms with Crippen LogP contribution in [0, 0.1) is 0 Å². The Morgan fingerprint density at radius 1 is 1.16 bits per heavy atom. The van der Waals surface area contributed by atoms with Gasteiger partial charge in [-0.1, -0.05) is 6.42 Å². The second-order valence-electron chi connectivity index (χ2n) is 4.82. The van der Waals surface area contributed by atoms with Crippen LogP contribution in [-0.4, -0.2) is 32.3 Å². The molecule has 0 radical (unpaired) electrons. The summed E-state index contributed by atoms with van der Waals surface area (Å²) in [5.74, 6) is 2.98. The van der Waals surface area contributed by atoms with Crippen LogP contribution in [0.15, 0.2) is 18.2 Å². The summed E-state index contributed by atoms with van der Waals surface area (Å²) in [5, 5.41) is 4.09. The monoisotopic (exact) mass is 281 g/mol. The van der Waals surface area contributed by atoms with Crippen LogP contribution in [0.2, 0.25) is 0 Å². The summed E-state index contributed by atoms with van der Waals surface area (Å²) >= 11 is 2.07. The molecule has 0 spiro atoms. The van der Waals surface area contributed by atoms with Crippen molar-refractivity contribution in [2.75, 3.05) is 27.0 Å². The molecule has 19 heavy (non-hydrogen) atoms. The summed E-state index contributed by atoms with van der Waals surface area (Å²) in [5.41, 5.74) is 1.25. The summed E-state index contributed by atoms with van der Waals surface area (Å²) in [6.07, 6.45) is 3.95. The lowest BCUT2D eigenvalue weighted by Gasteiger charge is -2.30. The Morgan fingerprint density at radius 2 is 1.84 bits per heavy atom. The number of methoxy groups -OCH3 is 2. The van der Waals surface area contributed by atoms with Gasteiger partial charge in [0.15, 0.2) is 0 Å². The fraction of sp³-hybridized carbons (Fsp3) is 0.600. The maximum atomic E-state index is 5.36. The third-order valence-corrected chi connectivity index (χ3v) is 5.09. The molecule has 2 rings (SSSR count). The highest BCUT2D eigenvalue weighted by Crippen LogP contribution is 2.37. The van der Waals surface area contributed by atoms with Gasteiger partial charge in [-0.25, -0.2) is 0 Å². The van der Waals surface area contributed by atoms with E-state index in [2.05, 4.69) is 29.2 Å². The van der Waals surface area contributed by atoms with Crippen molar-refractivity contribution in [3.63, 3.8) is 0 Å². The molecular weight excluding hydrogens is 258 g/mol. The summed E-state index contributed by atoms with van der Waals surface area (Å²) in [6, 6.07) is 6.50. The first-order valence-corrected chi connectivity index (χ1v) is 7.85. The lowest BCUT2D eigenvalue weighted by Crippen LogP contribution is -2.29. The van der Waals surface area contributed by atoms with E-state index in [1.807, 2.05) is 13.1 Å². The molecule has 0 aliphatic carbocycles. The standard InChI is InChI=1S/C15H23NO2S/c1-16-15(14-6-4-5-7-19-14)11-8-12(17-2)10-13(9-11)18-3/h8-10,14-16H,4-7H2,1-3H3. The van der Waals surface area contributed by atoms with Crippen molar-refractivity contribution >= 4 is 11.8 Å². The van der Waals surface area contributed by atoms with E-state index >= 15 is 0 Å². The van der Waals surface area contributed by atoms with Crippen LogP contribution >= 0.6 is 11.8 Å². The quantitative estimate of drug-likeness (QED) is 0.897. The number of hydrogen-bond acceptors (Lipinski definition) is 4. The van der Waals surface area contributed by atoms with E-state index in [0.29, 0.717) is 11.3 Å². The third-order valence-electron chi connectivity index (χ3n) is 3.63. The number of thioether (sulfide) groups is 1. The minimum absolute atomic E-state index is 0.356. The molecule has 0 saturated carbocycles. The van der Waals surface area contributed by atoms with Gasteiger partial charge < -0.3 is 14.8 Å². The molecule has 1 aromatic rings. The normalized spacial score (nSPS) is 20.9. The Balaban J connectivity index is 2.25. The second-order valence-corrected chi connectivity index (χ2v) is 6.16. The first-order valence-electron chi connectivity index (χ1n) is 6.80. The molecule has 0 amide bonds. The molecule has 0 aromatic heterocycles. The van der Waals surface area contributed by atoms with Crippen molar-refractivity contribution in [1.29, 1.82) is 0 Å². The number of ether oxygens (including phenoxy) is 2. The van der Waals surface area contributed by atoms with Gasteiger partial charge >= 0.3 is 0 Å². The zero-order valence-electron chi connectivity index (χ0n) is 11.9. The van der Waals surface area contributed by atoms with Crippen molar-refractivity contribution in [3.8, 4) is 11.5 Å². The van der Waals surface area contributed by atoms with Gasteiger partial charge in [-0.3, -0.25) is 0 Å². The SMILES string of the molecule is CNC(c1cc(OC)cc(OC)c1)C1CCCCS1. The molecular formula is C15H23NO2S. The van der Waals surface area contributed by atoms with Crippen molar-refractivity contribution < 1.29 is 9.47 Å². The van der Waals surface area contributed by atoms with Gasteiger partial charge in [-0.15, -0.1) is 0 Å². The van der Waals surface area contributed by atoms with Gasteiger partial charge in [0.1, 0.15) is 11.5 Å².